The number of aromatic nitrogens is 2. The van der Waals surface area contributed by atoms with E-state index in [9.17, 15) is 4.79 Å². The number of rotatable bonds is 2. The van der Waals surface area contributed by atoms with E-state index in [2.05, 4.69) is 55.3 Å². The summed E-state index contributed by atoms with van der Waals surface area (Å²) in [4.78, 5) is 12.6. The molecule has 1 heterocycles. The molecular formula is C21H20N2O. The first-order valence-corrected chi connectivity index (χ1v) is 8.35. The van der Waals surface area contributed by atoms with Gasteiger partial charge in [-0.25, -0.2) is 4.68 Å². The summed E-state index contributed by atoms with van der Waals surface area (Å²) in [6, 6.07) is 16.8. The number of hydrogen-bond acceptors (Lipinski definition) is 2. The molecule has 0 amide bonds. The maximum Gasteiger partial charge on any atom is 0.166 e. The molecule has 1 aliphatic carbocycles. The summed E-state index contributed by atoms with van der Waals surface area (Å²) in [5.41, 5.74) is 6.49. The van der Waals surface area contributed by atoms with Crippen molar-refractivity contribution in [2.45, 2.75) is 32.6 Å². The van der Waals surface area contributed by atoms with Gasteiger partial charge in [-0.3, -0.25) is 4.79 Å². The van der Waals surface area contributed by atoms with Gasteiger partial charge in [-0.05, 0) is 49.4 Å². The smallest absolute Gasteiger partial charge is 0.166 e. The van der Waals surface area contributed by atoms with Crippen LogP contribution in [0.2, 0.25) is 0 Å². The van der Waals surface area contributed by atoms with Crippen molar-refractivity contribution in [3.05, 3.63) is 82.7 Å². The van der Waals surface area contributed by atoms with Gasteiger partial charge in [0.1, 0.15) is 0 Å². The van der Waals surface area contributed by atoms with Crippen molar-refractivity contribution >= 4 is 5.78 Å². The molecule has 1 aromatic heterocycles. The molecule has 24 heavy (non-hydrogen) atoms. The second kappa shape index (κ2) is 5.75. The second-order valence-corrected chi connectivity index (χ2v) is 6.69. The molecule has 120 valence electrons. The Bertz CT molecular complexity index is 906. The molecule has 0 saturated carbocycles. The van der Waals surface area contributed by atoms with Gasteiger partial charge in [-0.1, -0.05) is 42.0 Å². The van der Waals surface area contributed by atoms with Crippen molar-refractivity contribution in [1.29, 1.82) is 0 Å². The average molecular weight is 316 g/mol. The molecule has 0 saturated heterocycles. The second-order valence-electron chi connectivity index (χ2n) is 6.69. The van der Waals surface area contributed by atoms with Crippen LogP contribution in [0.25, 0.3) is 5.69 Å². The standard InChI is InChI=1S/C21H20N2O/c1-14-6-8-16(9-7-14)17-11-20-19(21(24)12-17)13-22-23(20)18-5-3-4-15(2)10-18/h3-10,13,17H,11-12H2,1-2H3/t17-/m0/s1. The Morgan fingerprint density at radius 1 is 1.00 bits per heavy atom. The zero-order valence-corrected chi connectivity index (χ0v) is 14.0. The van der Waals surface area contributed by atoms with E-state index >= 15 is 0 Å². The summed E-state index contributed by atoms with van der Waals surface area (Å²) in [6.07, 6.45) is 3.14. The van der Waals surface area contributed by atoms with Gasteiger partial charge in [0.25, 0.3) is 0 Å². The molecule has 3 heteroatoms. The van der Waals surface area contributed by atoms with Crippen molar-refractivity contribution in [3.8, 4) is 5.69 Å². The van der Waals surface area contributed by atoms with Crippen molar-refractivity contribution in [1.82, 2.24) is 9.78 Å². The first-order chi connectivity index (χ1) is 11.6. The highest BCUT2D eigenvalue weighted by atomic mass is 16.1. The number of carbonyl (C=O) groups excluding carboxylic acids is 1. The maximum absolute atomic E-state index is 12.6. The Balaban J connectivity index is 1.75. The van der Waals surface area contributed by atoms with Gasteiger partial charge in [-0.2, -0.15) is 5.10 Å². The molecule has 0 spiro atoms. The third-order valence-corrected chi connectivity index (χ3v) is 4.84. The molecule has 1 aliphatic rings. The monoisotopic (exact) mass is 316 g/mol. The minimum atomic E-state index is 0.195. The van der Waals surface area contributed by atoms with Crippen molar-refractivity contribution < 1.29 is 4.79 Å². The van der Waals surface area contributed by atoms with E-state index in [-0.39, 0.29) is 11.7 Å². The van der Waals surface area contributed by atoms with Gasteiger partial charge in [0.05, 0.1) is 23.1 Å². The Hall–Kier alpha value is -2.68. The van der Waals surface area contributed by atoms with Crippen LogP contribution in [0, 0.1) is 13.8 Å². The lowest BCUT2D eigenvalue weighted by Gasteiger charge is -2.23. The summed E-state index contributed by atoms with van der Waals surface area (Å²) in [7, 11) is 0. The normalized spacial score (nSPS) is 16.9. The predicted molar refractivity (Wildman–Crippen MR) is 94.9 cm³/mol. The molecule has 3 nitrogen and oxygen atoms in total. The van der Waals surface area contributed by atoms with Crippen LogP contribution < -0.4 is 0 Å². The SMILES string of the molecule is Cc1ccc([C@@H]2CC(=O)c3cnn(-c4cccc(C)c4)c3C2)cc1. The van der Waals surface area contributed by atoms with E-state index in [0.29, 0.717) is 6.42 Å². The van der Waals surface area contributed by atoms with Gasteiger partial charge in [0.2, 0.25) is 0 Å². The third-order valence-electron chi connectivity index (χ3n) is 4.84. The van der Waals surface area contributed by atoms with E-state index < -0.39 is 0 Å². The van der Waals surface area contributed by atoms with Gasteiger partial charge >= 0.3 is 0 Å². The van der Waals surface area contributed by atoms with E-state index in [4.69, 9.17) is 0 Å². The summed E-state index contributed by atoms with van der Waals surface area (Å²) < 4.78 is 1.93. The third kappa shape index (κ3) is 2.56. The zero-order chi connectivity index (χ0) is 16.7. The highest BCUT2D eigenvalue weighted by Gasteiger charge is 2.30. The molecule has 0 N–H and O–H groups in total. The van der Waals surface area contributed by atoms with Gasteiger partial charge in [0, 0.05) is 6.42 Å². The molecule has 3 aromatic rings. The number of hydrogen-bond donors (Lipinski definition) is 0. The molecular weight excluding hydrogens is 296 g/mol. The Labute approximate surface area is 141 Å². The van der Waals surface area contributed by atoms with E-state index in [1.807, 2.05) is 16.8 Å². The first kappa shape index (κ1) is 14.9. The van der Waals surface area contributed by atoms with Crippen molar-refractivity contribution in [2.75, 3.05) is 0 Å². The zero-order valence-electron chi connectivity index (χ0n) is 14.0. The van der Waals surface area contributed by atoms with Gasteiger partial charge in [-0.15, -0.1) is 0 Å². The fourth-order valence-electron chi connectivity index (χ4n) is 3.50. The number of aryl methyl sites for hydroxylation is 2. The van der Waals surface area contributed by atoms with Crippen molar-refractivity contribution in [3.63, 3.8) is 0 Å². The molecule has 0 bridgehead atoms. The van der Waals surface area contributed by atoms with Crippen LogP contribution in [0.5, 0.6) is 0 Å². The predicted octanol–water partition coefficient (Wildman–Crippen LogP) is 4.40. The average Bonchev–Trinajstić information content (AvgIpc) is 3.00. The Morgan fingerprint density at radius 2 is 1.79 bits per heavy atom. The first-order valence-electron chi connectivity index (χ1n) is 8.35. The molecule has 1 atom stereocenters. The summed E-state index contributed by atoms with van der Waals surface area (Å²) in [5, 5.41) is 4.50. The fourth-order valence-corrected chi connectivity index (χ4v) is 3.50. The Kier molecular flexibility index (Phi) is 3.57. The summed E-state index contributed by atoms with van der Waals surface area (Å²) in [5.74, 6) is 0.423. The number of carbonyl (C=O) groups is 1. The van der Waals surface area contributed by atoms with Crippen LogP contribution in [-0.4, -0.2) is 15.6 Å². The van der Waals surface area contributed by atoms with Crippen LogP contribution in [0.15, 0.2) is 54.7 Å². The van der Waals surface area contributed by atoms with Crippen LogP contribution in [-0.2, 0) is 6.42 Å². The number of nitrogens with zero attached hydrogens (tertiary/aromatic N) is 2. The van der Waals surface area contributed by atoms with Crippen molar-refractivity contribution in [2.24, 2.45) is 0 Å². The Morgan fingerprint density at radius 3 is 2.54 bits per heavy atom. The van der Waals surface area contributed by atoms with Crippen LogP contribution in [0.4, 0.5) is 0 Å². The maximum atomic E-state index is 12.6. The topological polar surface area (TPSA) is 34.9 Å². The summed E-state index contributed by atoms with van der Waals surface area (Å²) in [6.45, 7) is 4.15. The van der Waals surface area contributed by atoms with Crippen LogP contribution >= 0.6 is 0 Å². The van der Waals surface area contributed by atoms with E-state index in [0.717, 1.165) is 23.4 Å². The molecule has 0 fully saturated rings. The van der Waals surface area contributed by atoms with E-state index in [1.165, 1.54) is 16.7 Å². The van der Waals surface area contributed by atoms with E-state index in [1.54, 1.807) is 6.20 Å². The van der Waals surface area contributed by atoms with Crippen LogP contribution in [0.3, 0.4) is 0 Å². The quantitative estimate of drug-likeness (QED) is 0.702. The minimum Gasteiger partial charge on any atom is -0.294 e. The lowest BCUT2D eigenvalue weighted by atomic mass is 9.82. The lowest BCUT2D eigenvalue weighted by molar-refractivity contribution is 0.0964. The van der Waals surface area contributed by atoms with Gasteiger partial charge < -0.3 is 0 Å². The summed E-state index contributed by atoms with van der Waals surface area (Å²) >= 11 is 0. The number of fused-ring (bicyclic) bond motifs is 1. The van der Waals surface area contributed by atoms with Gasteiger partial charge in [0.15, 0.2) is 5.78 Å². The fraction of sp³-hybridized carbons (Fsp3) is 0.238. The number of benzene rings is 2. The highest BCUT2D eigenvalue weighted by Crippen LogP contribution is 2.33. The molecule has 0 radical (unpaired) electrons. The minimum absolute atomic E-state index is 0.195. The molecule has 4 rings (SSSR count). The largest absolute Gasteiger partial charge is 0.294 e. The molecule has 0 unspecified atom stereocenters. The number of ketones is 1. The molecule has 2 aromatic carbocycles. The molecule has 0 aliphatic heterocycles. The highest BCUT2D eigenvalue weighted by molar-refractivity contribution is 5.98. The number of Topliss-reactive ketones (excluding diaryl/α,β-unsaturated/α-hetero) is 1. The van der Waals surface area contributed by atoms with Crippen LogP contribution in [0.1, 0.15) is 45.1 Å². The lowest BCUT2D eigenvalue weighted by Crippen LogP contribution is -2.20.